The van der Waals surface area contributed by atoms with Gasteiger partial charge in [0, 0.05) is 18.0 Å². The second-order valence-electron chi connectivity index (χ2n) is 4.38. The van der Waals surface area contributed by atoms with Crippen LogP contribution in [-0.2, 0) is 4.79 Å². The molecular weight excluding hydrogens is 220 g/mol. The van der Waals surface area contributed by atoms with Crippen molar-refractivity contribution in [3.8, 4) is 0 Å². The third-order valence-corrected chi connectivity index (χ3v) is 4.29. The van der Waals surface area contributed by atoms with Gasteiger partial charge < -0.3 is 10.6 Å². The van der Waals surface area contributed by atoms with E-state index in [1.54, 1.807) is 11.3 Å². The van der Waals surface area contributed by atoms with Crippen molar-refractivity contribution in [3.63, 3.8) is 0 Å². The van der Waals surface area contributed by atoms with E-state index in [0.717, 1.165) is 17.7 Å². The lowest BCUT2D eigenvalue weighted by Gasteiger charge is -2.26. The zero-order valence-corrected chi connectivity index (χ0v) is 10.4. The molecule has 1 aromatic rings. The number of carbonyl (C=O) groups is 1. The molecule has 16 heavy (non-hydrogen) atoms. The standard InChI is InChI=1S/C12H18N2OS/c1-14(9-5-2-3-6-9)12(15)11(13)10-7-4-8-16-10/h4,7-9,11H,2-3,5-6,13H2,1H3. The summed E-state index contributed by atoms with van der Waals surface area (Å²) in [7, 11) is 1.88. The topological polar surface area (TPSA) is 46.3 Å². The van der Waals surface area contributed by atoms with Crippen LogP contribution in [0.5, 0.6) is 0 Å². The summed E-state index contributed by atoms with van der Waals surface area (Å²) >= 11 is 1.55. The molecule has 0 spiro atoms. The van der Waals surface area contributed by atoms with E-state index in [1.165, 1.54) is 12.8 Å². The quantitative estimate of drug-likeness (QED) is 0.877. The highest BCUT2D eigenvalue weighted by atomic mass is 32.1. The Bertz CT molecular complexity index is 344. The highest BCUT2D eigenvalue weighted by Crippen LogP contribution is 2.25. The largest absolute Gasteiger partial charge is 0.341 e. The van der Waals surface area contributed by atoms with Crippen LogP contribution in [0, 0.1) is 0 Å². The van der Waals surface area contributed by atoms with Gasteiger partial charge in [0.2, 0.25) is 5.91 Å². The van der Waals surface area contributed by atoms with E-state index in [4.69, 9.17) is 5.73 Å². The van der Waals surface area contributed by atoms with E-state index in [2.05, 4.69) is 0 Å². The number of hydrogen-bond donors (Lipinski definition) is 1. The highest BCUT2D eigenvalue weighted by molar-refractivity contribution is 7.10. The molecule has 1 atom stereocenters. The first-order chi connectivity index (χ1) is 7.70. The van der Waals surface area contributed by atoms with Crippen molar-refractivity contribution in [2.45, 2.75) is 37.8 Å². The molecule has 0 radical (unpaired) electrons. The molecular formula is C12H18N2OS. The molecule has 1 heterocycles. The van der Waals surface area contributed by atoms with Crippen LogP contribution >= 0.6 is 11.3 Å². The van der Waals surface area contributed by atoms with Gasteiger partial charge in [-0.25, -0.2) is 0 Å². The lowest BCUT2D eigenvalue weighted by molar-refractivity contribution is -0.133. The SMILES string of the molecule is CN(C(=O)C(N)c1cccs1)C1CCCC1. The van der Waals surface area contributed by atoms with E-state index in [1.807, 2.05) is 29.5 Å². The van der Waals surface area contributed by atoms with Gasteiger partial charge in [0.25, 0.3) is 0 Å². The van der Waals surface area contributed by atoms with E-state index in [9.17, 15) is 4.79 Å². The Morgan fingerprint density at radius 2 is 2.25 bits per heavy atom. The maximum atomic E-state index is 12.1. The van der Waals surface area contributed by atoms with Crippen LogP contribution in [0.1, 0.15) is 36.6 Å². The van der Waals surface area contributed by atoms with Gasteiger partial charge in [-0.1, -0.05) is 18.9 Å². The van der Waals surface area contributed by atoms with Gasteiger partial charge in [-0.2, -0.15) is 0 Å². The summed E-state index contributed by atoms with van der Waals surface area (Å²) in [6.45, 7) is 0. The van der Waals surface area contributed by atoms with Crippen molar-refractivity contribution in [2.24, 2.45) is 5.73 Å². The molecule has 0 bridgehead atoms. The number of rotatable bonds is 3. The number of carbonyl (C=O) groups excluding carboxylic acids is 1. The molecule has 4 heteroatoms. The predicted octanol–water partition coefficient (Wildman–Crippen LogP) is 2.15. The van der Waals surface area contributed by atoms with Crippen molar-refractivity contribution in [1.29, 1.82) is 0 Å². The van der Waals surface area contributed by atoms with Crippen LogP contribution in [0.4, 0.5) is 0 Å². The third kappa shape index (κ3) is 2.28. The van der Waals surface area contributed by atoms with E-state index in [-0.39, 0.29) is 5.91 Å². The van der Waals surface area contributed by atoms with Gasteiger partial charge in [-0.3, -0.25) is 4.79 Å². The normalized spacial score (nSPS) is 18.6. The van der Waals surface area contributed by atoms with Crippen LogP contribution in [0.3, 0.4) is 0 Å². The zero-order chi connectivity index (χ0) is 11.5. The van der Waals surface area contributed by atoms with Crippen molar-refractivity contribution < 1.29 is 4.79 Å². The Balaban J connectivity index is 2.01. The molecule has 2 rings (SSSR count). The average Bonchev–Trinajstić information content (AvgIpc) is 2.97. The fourth-order valence-corrected chi connectivity index (χ4v) is 3.00. The first-order valence-corrected chi connectivity index (χ1v) is 6.64. The van der Waals surface area contributed by atoms with Gasteiger partial charge in [0.05, 0.1) is 0 Å². The molecule has 1 fully saturated rings. The van der Waals surface area contributed by atoms with E-state index in [0.29, 0.717) is 6.04 Å². The molecule has 2 N–H and O–H groups in total. The first-order valence-electron chi connectivity index (χ1n) is 5.76. The first kappa shape index (κ1) is 11.6. The fraction of sp³-hybridized carbons (Fsp3) is 0.583. The summed E-state index contributed by atoms with van der Waals surface area (Å²) in [6, 6.07) is 3.78. The third-order valence-electron chi connectivity index (χ3n) is 3.34. The Kier molecular flexibility index (Phi) is 3.61. The number of hydrogen-bond acceptors (Lipinski definition) is 3. The minimum Gasteiger partial charge on any atom is -0.341 e. The summed E-state index contributed by atoms with van der Waals surface area (Å²) < 4.78 is 0. The molecule has 0 aromatic carbocycles. The van der Waals surface area contributed by atoms with Gasteiger partial charge >= 0.3 is 0 Å². The molecule has 1 aromatic heterocycles. The molecule has 1 unspecified atom stereocenters. The second kappa shape index (κ2) is 4.97. The number of likely N-dealkylation sites (N-methyl/N-ethyl adjacent to an activating group) is 1. The zero-order valence-electron chi connectivity index (χ0n) is 9.56. The van der Waals surface area contributed by atoms with Crippen LogP contribution in [-0.4, -0.2) is 23.9 Å². The van der Waals surface area contributed by atoms with Gasteiger partial charge in [-0.05, 0) is 24.3 Å². The fourth-order valence-electron chi connectivity index (χ4n) is 2.28. The summed E-state index contributed by atoms with van der Waals surface area (Å²) in [6.07, 6.45) is 4.71. The molecule has 1 aliphatic carbocycles. The van der Waals surface area contributed by atoms with Crippen LogP contribution in [0.15, 0.2) is 17.5 Å². The average molecular weight is 238 g/mol. The van der Waals surface area contributed by atoms with Crippen molar-refractivity contribution in [3.05, 3.63) is 22.4 Å². The summed E-state index contributed by atoms with van der Waals surface area (Å²) in [5, 5.41) is 1.96. The van der Waals surface area contributed by atoms with E-state index >= 15 is 0 Å². The number of amides is 1. The molecule has 3 nitrogen and oxygen atoms in total. The minimum absolute atomic E-state index is 0.0503. The number of thiophene rings is 1. The van der Waals surface area contributed by atoms with Gasteiger partial charge in [0.1, 0.15) is 6.04 Å². The van der Waals surface area contributed by atoms with E-state index < -0.39 is 6.04 Å². The monoisotopic (exact) mass is 238 g/mol. The summed E-state index contributed by atoms with van der Waals surface area (Å²) in [5.74, 6) is 0.0503. The minimum atomic E-state index is -0.481. The maximum absolute atomic E-state index is 12.1. The molecule has 1 aliphatic rings. The van der Waals surface area contributed by atoms with Gasteiger partial charge in [0.15, 0.2) is 0 Å². The lowest BCUT2D eigenvalue weighted by Crippen LogP contribution is -2.40. The summed E-state index contributed by atoms with van der Waals surface area (Å²) in [5.41, 5.74) is 5.97. The lowest BCUT2D eigenvalue weighted by atomic mass is 10.1. The maximum Gasteiger partial charge on any atom is 0.244 e. The molecule has 88 valence electrons. The molecule has 0 aliphatic heterocycles. The number of nitrogens with two attached hydrogens (primary N) is 1. The molecule has 0 saturated heterocycles. The van der Waals surface area contributed by atoms with Crippen LogP contribution < -0.4 is 5.73 Å². The Hall–Kier alpha value is -0.870. The number of nitrogens with zero attached hydrogens (tertiary/aromatic N) is 1. The highest BCUT2D eigenvalue weighted by Gasteiger charge is 2.27. The summed E-state index contributed by atoms with van der Waals surface area (Å²) in [4.78, 5) is 14.9. The Morgan fingerprint density at radius 1 is 1.56 bits per heavy atom. The molecule has 1 amide bonds. The second-order valence-corrected chi connectivity index (χ2v) is 5.36. The van der Waals surface area contributed by atoms with Crippen molar-refractivity contribution in [1.82, 2.24) is 4.90 Å². The Morgan fingerprint density at radius 3 is 2.81 bits per heavy atom. The van der Waals surface area contributed by atoms with Gasteiger partial charge in [-0.15, -0.1) is 11.3 Å². The van der Waals surface area contributed by atoms with Crippen LogP contribution in [0.25, 0.3) is 0 Å². The predicted molar refractivity (Wildman–Crippen MR) is 66.3 cm³/mol. The van der Waals surface area contributed by atoms with Crippen molar-refractivity contribution in [2.75, 3.05) is 7.05 Å². The smallest absolute Gasteiger partial charge is 0.244 e. The van der Waals surface area contributed by atoms with Crippen LogP contribution in [0.2, 0.25) is 0 Å². The van der Waals surface area contributed by atoms with Crippen molar-refractivity contribution >= 4 is 17.2 Å². The molecule has 1 saturated carbocycles. The Labute approximate surface area is 100 Å².